The summed E-state index contributed by atoms with van der Waals surface area (Å²) in [7, 11) is 0. The van der Waals surface area contributed by atoms with Gasteiger partial charge in [-0.1, -0.05) is 11.2 Å². The van der Waals surface area contributed by atoms with Gasteiger partial charge in [0.1, 0.15) is 17.4 Å². The number of hydrogen-bond acceptors (Lipinski definition) is 3. The first-order valence-corrected chi connectivity index (χ1v) is 7.72. The number of amides is 2. The van der Waals surface area contributed by atoms with Gasteiger partial charge < -0.3 is 15.2 Å². The number of carbonyl (C=O) groups excluding carboxylic acids is 1. The molecule has 7 heteroatoms. The molecular formula is C17H21F2N3O2. The van der Waals surface area contributed by atoms with Crippen LogP contribution in [-0.2, 0) is 6.42 Å². The Morgan fingerprint density at radius 3 is 2.38 bits per heavy atom. The lowest BCUT2D eigenvalue weighted by atomic mass is 10.1. The molecule has 5 nitrogen and oxygen atoms in total. The molecule has 2 amide bonds. The van der Waals surface area contributed by atoms with Crippen molar-refractivity contribution in [1.82, 2.24) is 15.8 Å². The summed E-state index contributed by atoms with van der Waals surface area (Å²) >= 11 is 0. The summed E-state index contributed by atoms with van der Waals surface area (Å²) in [6.07, 6.45) is 0.0611. The number of rotatable bonds is 5. The van der Waals surface area contributed by atoms with Gasteiger partial charge in [0.2, 0.25) is 0 Å². The molecule has 24 heavy (non-hydrogen) atoms. The van der Waals surface area contributed by atoms with E-state index >= 15 is 0 Å². The summed E-state index contributed by atoms with van der Waals surface area (Å²) in [5.41, 5.74) is 1.49. The standard InChI is InChI=1S/C17H21F2N3O2/c1-9(8-13-14(18)6-5-7-15(13)19)20-17(23)21-10(2)16-11(3)22-24-12(16)4/h5-7,9-10H,8H2,1-4H3,(H2,20,21,23)/t9-,10+/m0/s1. The van der Waals surface area contributed by atoms with Crippen LogP contribution in [0.1, 0.15) is 42.5 Å². The zero-order valence-electron chi connectivity index (χ0n) is 14.1. The van der Waals surface area contributed by atoms with Crippen molar-refractivity contribution in [3.8, 4) is 0 Å². The number of nitrogens with zero attached hydrogens (tertiary/aromatic N) is 1. The van der Waals surface area contributed by atoms with E-state index in [0.29, 0.717) is 11.5 Å². The topological polar surface area (TPSA) is 67.2 Å². The number of hydrogen-bond donors (Lipinski definition) is 2. The minimum absolute atomic E-state index is 0.0379. The number of nitrogens with one attached hydrogen (secondary N) is 2. The second kappa shape index (κ2) is 7.42. The minimum Gasteiger partial charge on any atom is -0.361 e. The summed E-state index contributed by atoms with van der Waals surface area (Å²) in [6.45, 7) is 7.07. The van der Waals surface area contributed by atoms with Crippen LogP contribution in [0.4, 0.5) is 13.6 Å². The van der Waals surface area contributed by atoms with Crippen molar-refractivity contribution in [1.29, 1.82) is 0 Å². The van der Waals surface area contributed by atoms with Crippen LogP contribution in [0.25, 0.3) is 0 Å². The maximum absolute atomic E-state index is 13.6. The van der Waals surface area contributed by atoms with Crippen LogP contribution in [0, 0.1) is 25.5 Å². The summed E-state index contributed by atoms with van der Waals surface area (Å²) in [5, 5.41) is 9.30. The molecule has 0 radical (unpaired) electrons. The first-order chi connectivity index (χ1) is 11.3. The molecule has 0 aliphatic carbocycles. The largest absolute Gasteiger partial charge is 0.361 e. The summed E-state index contributed by atoms with van der Waals surface area (Å²) in [6, 6.07) is 2.55. The third-order valence-corrected chi connectivity index (χ3v) is 3.82. The molecule has 0 spiro atoms. The van der Waals surface area contributed by atoms with Crippen LogP contribution in [0.3, 0.4) is 0 Å². The molecule has 0 saturated carbocycles. The van der Waals surface area contributed by atoms with Gasteiger partial charge in [0, 0.05) is 17.2 Å². The molecule has 2 N–H and O–H groups in total. The molecule has 130 valence electrons. The third-order valence-electron chi connectivity index (χ3n) is 3.82. The highest BCUT2D eigenvalue weighted by Gasteiger charge is 2.19. The van der Waals surface area contributed by atoms with Crippen molar-refractivity contribution >= 4 is 6.03 Å². The number of carbonyl (C=O) groups is 1. The number of aryl methyl sites for hydroxylation is 2. The molecule has 0 unspecified atom stereocenters. The van der Waals surface area contributed by atoms with Gasteiger partial charge in [-0.15, -0.1) is 0 Å². The Balaban J connectivity index is 1.95. The van der Waals surface area contributed by atoms with E-state index in [2.05, 4.69) is 15.8 Å². The van der Waals surface area contributed by atoms with E-state index in [1.54, 1.807) is 20.8 Å². The van der Waals surface area contributed by atoms with Crippen LogP contribution in [-0.4, -0.2) is 17.2 Å². The highest BCUT2D eigenvalue weighted by atomic mass is 19.1. The maximum atomic E-state index is 13.6. The van der Waals surface area contributed by atoms with Crippen molar-refractivity contribution < 1.29 is 18.1 Å². The average molecular weight is 337 g/mol. The SMILES string of the molecule is Cc1noc(C)c1[C@@H](C)NC(=O)N[C@@H](C)Cc1c(F)cccc1F. The molecule has 1 aromatic carbocycles. The van der Waals surface area contributed by atoms with Gasteiger partial charge in [0.25, 0.3) is 0 Å². The number of urea groups is 1. The van der Waals surface area contributed by atoms with Gasteiger partial charge in [-0.05, 0) is 46.2 Å². The molecular weight excluding hydrogens is 316 g/mol. The molecule has 2 aromatic rings. The quantitative estimate of drug-likeness (QED) is 0.876. The molecule has 0 fully saturated rings. The lowest BCUT2D eigenvalue weighted by Gasteiger charge is -2.18. The maximum Gasteiger partial charge on any atom is 0.315 e. The highest BCUT2D eigenvalue weighted by molar-refractivity contribution is 5.74. The van der Waals surface area contributed by atoms with Gasteiger partial charge in [0.15, 0.2) is 0 Å². The zero-order chi connectivity index (χ0) is 17.9. The Morgan fingerprint density at radius 2 is 1.83 bits per heavy atom. The predicted octanol–water partition coefficient (Wildman–Crippen LogP) is 3.56. The van der Waals surface area contributed by atoms with Gasteiger partial charge >= 0.3 is 6.03 Å². The molecule has 0 aliphatic heterocycles. The Labute approximate surface area is 139 Å². The molecule has 1 heterocycles. The lowest BCUT2D eigenvalue weighted by molar-refractivity contribution is 0.234. The summed E-state index contributed by atoms with van der Waals surface area (Å²) < 4.78 is 32.4. The Hall–Kier alpha value is -2.44. The Bertz CT molecular complexity index is 691. The fraction of sp³-hybridized carbons (Fsp3) is 0.412. The average Bonchev–Trinajstić information content (AvgIpc) is 2.82. The highest BCUT2D eigenvalue weighted by Crippen LogP contribution is 2.20. The van der Waals surface area contributed by atoms with E-state index in [0.717, 1.165) is 5.56 Å². The Kier molecular flexibility index (Phi) is 5.54. The first kappa shape index (κ1) is 17.9. The second-order valence-electron chi connectivity index (χ2n) is 5.88. The van der Waals surface area contributed by atoms with Crippen molar-refractivity contribution in [3.05, 3.63) is 52.4 Å². The fourth-order valence-corrected chi connectivity index (χ4v) is 2.73. The molecule has 2 rings (SSSR count). The fourth-order valence-electron chi connectivity index (χ4n) is 2.73. The smallest absolute Gasteiger partial charge is 0.315 e. The third kappa shape index (κ3) is 4.10. The van der Waals surface area contributed by atoms with Crippen LogP contribution < -0.4 is 10.6 Å². The van der Waals surface area contributed by atoms with Crippen LogP contribution in [0.5, 0.6) is 0 Å². The molecule has 1 aromatic heterocycles. The first-order valence-electron chi connectivity index (χ1n) is 7.72. The van der Waals surface area contributed by atoms with Crippen LogP contribution >= 0.6 is 0 Å². The van der Waals surface area contributed by atoms with Gasteiger partial charge in [-0.3, -0.25) is 0 Å². The number of benzene rings is 1. The van der Waals surface area contributed by atoms with Gasteiger partial charge in [-0.25, -0.2) is 13.6 Å². The van der Waals surface area contributed by atoms with Crippen LogP contribution in [0.2, 0.25) is 0 Å². The van der Waals surface area contributed by atoms with Crippen LogP contribution in [0.15, 0.2) is 22.7 Å². The van der Waals surface area contributed by atoms with E-state index in [9.17, 15) is 13.6 Å². The van der Waals surface area contributed by atoms with E-state index in [-0.39, 0.29) is 18.0 Å². The number of aromatic nitrogens is 1. The number of halogens is 2. The van der Waals surface area contributed by atoms with Gasteiger partial charge in [-0.2, -0.15) is 0 Å². The van der Waals surface area contributed by atoms with Crippen molar-refractivity contribution in [3.63, 3.8) is 0 Å². The predicted molar refractivity (Wildman–Crippen MR) is 85.6 cm³/mol. The second-order valence-corrected chi connectivity index (χ2v) is 5.88. The molecule has 0 saturated heterocycles. The monoisotopic (exact) mass is 337 g/mol. The summed E-state index contributed by atoms with van der Waals surface area (Å²) in [4.78, 5) is 12.1. The van der Waals surface area contributed by atoms with Crippen molar-refractivity contribution in [2.24, 2.45) is 0 Å². The van der Waals surface area contributed by atoms with E-state index in [1.165, 1.54) is 18.2 Å². The minimum atomic E-state index is -0.617. The molecule has 2 atom stereocenters. The zero-order valence-corrected chi connectivity index (χ0v) is 14.1. The van der Waals surface area contributed by atoms with Crippen molar-refractivity contribution in [2.75, 3.05) is 0 Å². The van der Waals surface area contributed by atoms with Crippen molar-refractivity contribution in [2.45, 2.75) is 46.2 Å². The van der Waals surface area contributed by atoms with E-state index in [4.69, 9.17) is 4.52 Å². The molecule has 0 bridgehead atoms. The lowest BCUT2D eigenvalue weighted by Crippen LogP contribution is -2.42. The molecule has 0 aliphatic rings. The summed E-state index contributed by atoms with van der Waals surface area (Å²) in [5.74, 6) is -0.594. The Morgan fingerprint density at radius 1 is 1.21 bits per heavy atom. The van der Waals surface area contributed by atoms with Gasteiger partial charge in [0.05, 0.1) is 11.7 Å². The van der Waals surface area contributed by atoms with E-state index < -0.39 is 23.7 Å². The normalized spacial score (nSPS) is 13.4. The van der Waals surface area contributed by atoms with E-state index in [1.807, 2.05) is 6.92 Å².